The summed E-state index contributed by atoms with van der Waals surface area (Å²) < 4.78 is 0. The third-order valence-corrected chi connectivity index (χ3v) is 7.57. The normalized spacial score (nSPS) is 12.8. The summed E-state index contributed by atoms with van der Waals surface area (Å²) >= 11 is 0. The lowest BCUT2D eigenvalue weighted by Crippen LogP contribution is -2.15. The molecule has 0 saturated heterocycles. The molecule has 0 amide bonds. The van der Waals surface area contributed by atoms with E-state index in [4.69, 9.17) is 0 Å². The molecular weight excluding hydrogens is 446 g/mol. The molecule has 0 heterocycles. The smallest absolute Gasteiger partial charge is 0.0991 e. The van der Waals surface area contributed by atoms with E-state index in [0.717, 1.165) is 0 Å². The van der Waals surface area contributed by atoms with Crippen molar-refractivity contribution in [2.45, 2.75) is 19.3 Å². The Hall–Kier alpha value is -4.67. The van der Waals surface area contributed by atoms with Crippen LogP contribution in [0.25, 0.3) is 44.2 Å². The summed E-state index contributed by atoms with van der Waals surface area (Å²) in [5, 5.41) is 11.9. The van der Waals surface area contributed by atoms with Gasteiger partial charge in [-0.15, -0.1) is 0 Å². The topological polar surface area (TPSA) is 23.8 Å². The van der Waals surface area contributed by atoms with E-state index in [9.17, 15) is 5.26 Å². The Labute approximate surface area is 218 Å². The Morgan fingerprint density at radius 1 is 0.486 bits per heavy atom. The average molecular weight is 474 g/mol. The first kappa shape index (κ1) is 22.8. The molecule has 0 saturated carbocycles. The molecule has 0 unspecified atom stereocenters. The molecule has 5 aromatic rings. The van der Waals surface area contributed by atoms with Crippen molar-refractivity contribution < 1.29 is 0 Å². The van der Waals surface area contributed by atoms with Crippen LogP contribution in [0.15, 0.2) is 127 Å². The number of nitrogens with zero attached hydrogens (tertiary/aromatic N) is 1. The van der Waals surface area contributed by atoms with Gasteiger partial charge in [-0.3, -0.25) is 0 Å². The standard InChI is InChI=1S/C36H27N/c1-36(2)34-22-25(24-37)18-20-32(34)33-21-19-27(23-35(33)36)29-15-9-4-3-8-14-28(26-12-6-5-7-13-26)30-16-10-11-17-31(29)30/h3-23H,1-2H3. The van der Waals surface area contributed by atoms with Crippen LogP contribution in [0, 0.1) is 11.3 Å². The fourth-order valence-electron chi connectivity index (χ4n) is 5.66. The number of hydrogen-bond acceptors (Lipinski definition) is 1. The van der Waals surface area contributed by atoms with E-state index < -0.39 is 0 Å². The van der Waals surface area contributed by atoms with Crippen LogP contribution in [-0.4, -0.2) is 0 Å². The summed E-state index contributed by atoms with van der Waals surface area (Å²) in [7, 11) is 0. The first-order chi connectivity index (χ1) is 18.1. The van der Waals surface area contributed by atoms with Gasteiger partial charge in [0, 0.05) is 5.41 Å². The molecular formula is C36H27N. The highest BCUT2D eigenvalue weighted by Crippen LogP contribution is 2.50. The van der Waals surface area contributed by atoms with E-state index in [1.807, 2.05) is 6.07 Å². The zero-order valence-corrected chi connectivity index (χ0v) is 21.1. The van der Waals surface area contributed by atoms with Gasteiger partial charge < -0.3 is 0 Å². The molecule has 0 atom stereocenters. The summed E-state index contributed by atoms with van der Waals surface area (Å²) in [6.45, 7) is 4.53. The van der Waals surface area contributed by atoms with E-state index in [0.29, 0.717) is 5.56 Å². The number of rotatable bonds is 2. The van der Waals surface area contributed by atoms with Gasteiger partial charge in [0.1, 0.15) is 0 Å². The second kappa shape index (κ2) is 9.08. The van der Waals surface area contributed by atoms with Crippen molar-refractivity contribution in [2.24, 2.45) is 0 Å². The van der Waals surface area contributed by atoms with Gasteiger partial charge in [0.05, 0.1) is 11.6 Å². The number of nitriles is 1. The third-order valence-electron chi connectivity index (χ3n) is 7.57. The molecule has 0 bridgehead atoms. The predicted octanol–water partition coefficient (Wildman–Crippen LogP) is 9.48. The molecule has 0 radical (unpaired) electrons. The number of hydrogen-bond donors (Lipinski definition) is 0. The van der Waals surface area contributed by atoms with Crippen molar-refractivity contribution >= 4 is 10.8 Å². The van der Waals surface area contributed by atoms with E-state index in [-0.39, 0.29) is 5.41 Å². The van der Waals surface area contributed by atoms with Gasteiger partial charge in [-0.2, -0.15) is 5.26 Å². The van der Waals surface area contributed by atoms with Crippen LogP contribution < -0.4 is 0 Å². The minimum Gasteiger partial charge on any atom is -0.192 e. The quantitative estimate of drug-likeness (QED) is 0.250. The molecule has 37 heavy (non-hydrogen) atoms. The fraction of sp³-hybridized carbons (Fsp3) is 0.0833. The van der Waals surface area contributed by atoms with Crippen LogP contribution in [0.2, 0.25) is 0 Å². The molecule has 0 aromatic heterocycles. The maximum atomic E-state index is 9.49. The third kappa shape index (κ3) is 3.88. The molecule has 1 nitrogen and oxygen atoms in total. The maximum Gasteiger partial charge on any atom is 0.0991 e. The monoisotopic (exact) mass is 473 g/mol. The van der Waals surface area contributed by atoms with Crippen LogP contribution in [0.3, 0.4) is 0 Å². The van der Waals surface area contributed by atoms with Crippen LogP contribution >= 0.6 is 0 Å². The average Bonchev–Trinajstić information content (AvgIpc) is 3.17. The van der Waals surface area contributed by atoms with Crippen molar-refractivity contribution in [3.05, 3.63) is 144 Å². The summed E-state index contributed by atoms with van der Waals surface area (Å²) in [4.78, 5) is 0. The Kier molecular flexibility index (Phi) is 5.59. The van der Waals surface area contributed by atoms with Crippen LogP contribution in [0.5, 0.6) is 0 Å². The van der Waals surface area contributed by atoms with Crippen molar-refractivity contribution in [2.75, 3.05) is 0 Å². The minimum atomic E-state index is -0.183. The number of fused-ring (bicyclic) bond motifs is 4. The molecule has 1 aliphatic rings. The van der Waals surface area contributed by atoms with Gasteiger partial charge in [-0.05, 0) is 73.5 Å². The molecule has 5 aromatic carbocycles. The molecule has 0 aliphatic heterocycles. The zero-order chi connectivity index (χ0) is 25.4. The fourth-order valence-corrected chi connectivity index (χ4v) is 5.66. The summed E-state index contributed by atoms with van der Waals surface area (Å²) in [5.74, 6) is 0. The molecule has 0 spiro atoms. The highest BCUT2D eigenvalue weighted by molar-refractivity contribution is 6.03. The Balaban J connectivity index is 1.63. The lowest BCUT2D eigenvalue weighted by atomic mass is 9.81. The summed E-state index contributed by atoms with van der Waals surface area (Å²) in [5.41, 5.74) is 10.3. The first-order valence-electron chi connectivity index (χ1n) is 12.7. The van der Waals surface area contributed by atoms with E-state index in [2.05, 4.69) is 141 Å². The summed E-state index contributed by atoms with van der Waals surface area (Å²) in [6, 6.07) is 47.3. The van der Waals surface area contributed by atoms with Gasteiger partial charge in [0.2, 0.25) is 0 Å². The number of benzene rings is 4. The van der Waals surface area contributed by atoms with Crippen LogP contribution in [0.4, 0.5) is 0 Å². The van der Waals surface area contributed by atoms with Gasteiger partial charge in [-0.1, -0.05) is 123 Å². The lowest BCUT2D eigenvalue weighted by Gasteiger charge is -2.22. The Morgan fingerprint density at radius 3 is 1.65 bits per heavy atom. The van der Waals surface area contributed by atoms with Gasteiger partial charge in [0.15, 0.2) is 0 Å². The van der Waals surface area contributed by atoms with Crippen LogP contribution in [0.1, 0.15) is 30.5 Å². The molecule has 0 N–H and O–H groups in total. The molecule has 1 aliphatic carbocycles. The lowest BCUT2D eigenvalue weighted by molar-refractivity contribution is 0.660. The SMILES string of the molecule is CC1(C)c2cc(C#N)ccc2-c2ccc(-c3ccccccc(-c4ccccc4)c4ccccc34)cc21. The molecule has 176 valence electrons. The summed E-state index contributed by atoms with van der Waals surface area (Å²) in [6.07, 6.45) is 0. The maximum absolute atomic E-state index is 9.49. The van der Waals surface area contributed by atoms with E-state index in [1.54, 1.807) is 0 Å². The highest BCUT2D eigenvalue weighted by atomic mass is 14.4. The van der Waals surface area contributed by atoms with Crippen molar-refractivity contribution in [1.29, 1.82) is 5.26 Å². The minimum absolute atomic E-state index is 0.183. The van der Waals surface area contributed by atoms with Crippen molar-refractivity contribution in [3.63, 3.8) is 0 Å². The van der Waals surface area contributed by atoms with Crippen LogP contribution in [-0.2, 0) is 5.41 Å². The van der Waals surface area contributed by atoms with Gasteiger partial charge in [-0.25, -0.2) is 0 Å². The van der Waals surface area contributed by atoms with E-state index in [1.165, 1.54) is 55.3 Å². The van der Waals surface area contributed by atoms with Crippen molar-refractivity contribution in [3.8, 4) is 39.4 Å². The second-order valence-electron chi connectivity index (χ2n) is 10.1. The van der Waals surface area contributed by atoms with E-state index >= 15 is 0 Å². The Morgan fingerprint density at radius 2 is 1.00 bits per heavy atom. The molecule has 1 heteroatoms. The van der Waals surface area contributed by atoms with Gasteiger partial charge in [0.25, 0.3) is 0 Å². The first-order valence-corrected chi connectivity index (χ1v) is 12.7. The Bertz CT molecular complexity index is 1750. The zero-order valence-electron chi connectivity index (χ0n) is 21.1. The highest BCUT2D eigenvalue weighted by Gasteiger charge is 2.35. The second-order valence-corrected chi connectivity index (χ2v) is 10.1. The van der Waals surface area contributed by atoms with Gasteiger partial charge >= 0.3 is 0 Å². The molecule has 0 fully saturated rings. The predicted molar refractivity (Wildman–Crippen MR) is 155 cm³/mol. The largest absolute Gasteiger partial charge is 0.192 e. The molecule has 6 rings (SSSR count). The van der Waals surface area contributed by atoms with Crippen molar-refractivity contribution in [1.82, 2.24) is 0 Å².